The second-order valence-corrected chi connectivity index (χ2v) is 6.63. The van der Waals surface area contributed by atoms with Crippen LogP contribution in [0.15, 0.2) is 36.9 Å². The number of morpholine rings is 1. The van der Waals surface area contributed by atoms with Crippen molar-refractivity contribution in [1.82, 2.24) is 19.7 Å². The van der Waals surface area contributed by atoms with Gasteiger partial charge in [-0.3, -0.25) is 14.5 Å². The topological polar surface area (TPSA) is 72.3 Å². The normalized spacial score (nSPS) is 21.8. The lowest BCUT2D eigenvalue weighted by Crippen LogP contribution is -2.49. The van der Waals surface area contributed by atoms with Gasteiger partial charge < -0.3 is 15.0 Å². The van der Waals surface area contributed by atoms with Gasteiger partial charge in [0.2, 0.25) is 5.91 Å². The fourth-order valence-corrected chi connectivity index (χ4v) is 3.13. The van der Waals surface area contributed by atoms with Crippen LogP contribution in [0.1, 0.15) is 32.4 Å². The Balaban J connectivity index is 1.57. The van der Waals surface area contributed by atoms with E-state index in [0.29, 0.717) is 13.1 Å². The molecule has 0 aromatic carbocycles. The van der Waals surface area contributed by atoms with Crippen LogP contribution in [-0.2, 0) is 16.1 Å². The van der Waals surface area contributed by atoms with Crippen molar-refractivity contribution < 1.29 is 9.53 Å². The lowest BCUT2D eigenvalue weighted by atomic mass is 10.1. The molecule has 0 bridgehead atoms. The van der Waals surface area contributed by atoms with E-state index in [1.165, 1.54) is 0 Å². The first-order valence-electron chi connectivity index (χ1n) is 8.63. The second kappa shape index (κ2) is 7.65. The Morgan fingerprint density at radius 1 is 1.32 bits per heavy atom. The van der Waals surface area contributed by atoms with Gasteiger partial charge in [-0.1, -0.05) is 0 Å². The Morgan fingerprint density at radius 3 is 2.68 bits per heavy atom. The molecule has 0 aliphatic carbocycles. The molecule has 0 spiro atoms. The van der Waals surface area contributed by atoms with Crippen LogP contribution in [0.4, 0.5) is 5.69 Å². The van der Waals surface area contributed by atoms with Gasteiger partial charge in [0.05, 0.1) is 24.1 Å². The Labute approximate surface area is 148 Å². The summed E-state index contributed by atoms with van der Waals surface area (Å²) in [7, 11) is 0. The number of aromatic nitrogens is 3. The molecule has 1 aliphatic heterocycles. The number of amides is 1. The van der Waals surface area contributed by atoms with Gasteiger partial charge in [-0.25, -0.2) is 0 Å². The minimum absolute atomic E-state index is 0.0684. The summed E-state index contributed by atoms with van der Waals surface area (Å²) in [6.45, 7) is 7.57. The van der Waals surface area contributed by atoms with Crippen molar-refractivity contribution in [1.29, 1.82) is 0 Å². The fourth-order valence-electron chi connectivity index (χ4n) is 3.13. The second-order valence-electron chi connectivity index (χ2n) is 6.63. The third kappa shape index (κ3) is 4.57. The Kier molecular flexibility index (Phi) is 5.33. The predicted octanol–water partition coefficient (Wildman–Crippen LogP) is 2.09. The smallest absolute Gasteiger partial charge is 0.244 e. The highest BCUT2D eigenvalue weighted by Gasteiger charge is 2.26. The number of anilines is 1. The first kappa shape index (κ1) is 17.4. The number of carbonyl (C=O) groups is 1. The van der Waals surface area contributed by atoms with Crippen LogP contribution in [0.2, 0.25) is 0 Å². The molecule has 3 atom stereocenters. The van der Waals surface area contributed by atoms with E-state index in [1.807, 2.05) is 37.1 Å². The number of pyridine rings is 1. The standard InChI is InChI=1S/C18H25N5O2/c1-13-9-22(10-14(2)25-13)18(24)12-23-11-17(8-20-23)21-15(3)16-4-6-19-7-5-16/h4-8,11,13-15,21H,9-10,12H2,1-3H3. The molecule has 0 saturated carbocycles. The van der Waals surface area contributed by atoms with Crippen molar-refractivity contribution in [3.05, 3.63) is 42.5 Å². The highest BCUT2D eigenvalue weighted by molar-refractivity contribution is 5.76. The number of nitrogens with one attached hydrogen (secondary N) is 1. The summed E-state index contributed by atoms with van der Waals surface area (Å²) in [5.74, 6) is 0.0684. The third-order valence-electron chi connectivity index (χ3n) is 4.29. The number of nitrogens with zero attached hydrogens (tertiary/aromatic N) is 4. The first-order valence-corrected chi connectivity index (χ1v) is 8.63. The van der Waals surface area contributed by atoms with Crippen LogP contribution in [0, 0.1) is 0 Å². The van der Waals surface area contributed by atoms with Crippen molar-refractivity contribution in [3.8, 4) is 0 Å². The molecule has 25 heavy (non-hydrogen) atoms. The molecule has 2 aromatic rings. The van der Waals surface area contributed by atoms with E-state index < -0.39 is 0 Å². The van der Waals surface area contributed by atoms with Gasteiger partial charge in [0.25, 0.3) is 0 Å². The summed E-state index contributed by atoms with van der Waals surface area (Å²) in [6.07, 6.45) is 7.31. The van der Waals surface area contributed by atoms with E-state index in [0.717, 1.165) is 11.3 Å². The third-order valence-corrected chi connectivity index (χ3v) is 4.29. The Morgan fingerprint density at radius 2 is 2.00 bits per heavy atom. The molecule has 1 aliphatic rings. The van der Waals surface area contributed by atoms with Crippen LogP contribution in [0.25, 0.3) is 0 Å². The van der Waals surface area contributed by atoms with Gasteiger partial charge in [-0.15, -0.1) is 0 Å². The van der Waals surface area contributed by atoms with Gasteiger partial charge in [0.15, 0.2) is 0 Å². The summed E-state index contributed by atoms with van der Waals surface area (Å²) in [5, 5.41) is 7.69. The maximum absolute atomic E-state index is 12.5. The van der Waals surface area contributed by atoms with E-state index in [-0.39, 0.29) is 30.7 Å². The number of hydrogen-bond acceptors (Lipinski definition) is 5. The van der Waals surface area contributed by atoms with Crippen LogP contribution >= 0.6 is 0 Å². The van der Waals surface area contributed by atoms with Crippen molar-refractivity contribution in [2.24, 2.45) is 0 Å². The average molecular weight is 343 g/mol. The van der Waals surface area contributed by atoms with E-state index in [4.69, 9.17) is 4.74 Å². The maximum atomic E-state index is 12.5. The van der Waals surface area contributed by atoms with Gasteiger partial charge in [0.1, 0.15) is 6.54 Å². The van der Waals surface area contributed by atoms with Crippen molar-refractivity contribution >= 4 is 11.6 Å². The molecule has 134 valence electrons. The van der Waals surface area contributed by atoms with Crippen molar-refractivity contribution in [2.45, 2.75) is 45.6 Å². The quantitative estimate of drug-likeness (QED) is 0.900. The highest BCUT2D eigenvalue weighted by atomic mass is 16.5. The van der Waals surface area contributed by atoms with Crippen LogP contribution < -0.4 is 5.32 Å². The molecule has 0 radical (unpaired) electrons. The van der Waals surface area contributed by atoms with E-state index in [2.05, 4.69) is 22.3 Å². The monoisotopic (exact) mass is 343 g/mol. The molecule has 7 heteroatoms. The molecular formula is C18H25N5O2. The lowest BCUT2D eigenvalue weighted by molar-refractivity contribution is -0.144. The zero-order valence-corrected chi connectivity index (χ0v) is 14.9. The Bertz CT molecular complexity index is 693. The van der Waals surface area contributed by atoms with Crippen LogP contribution in [0.5, 0.6) is 0 Å². The maximum Gasteiger partial charge on any atom is 0.244 e. The zero-order chi connectivity index (χ0) is 17.8. The lowest BCUT2D eigenvalue weighted by Gasteiger charge is -2.35. The molecule has 7 nitrogen and oxygen atoms in total. The molecule has 2 aromatic heterocycles. The molecule has 3 unspecified atom stereocenters. The number of hydrogen-bond donors (Lipinski definition) is 1. The summed E-state index contributed by atoms with van der Waals surface area (Å²) < 4.78 is 7.35. The highest BCUT2D eigenvalue weighted by Crippen LogP contribution is 2.18. The summed E-state index contributed by atoms with van der Waals surface area (Å²) in [4.78, 5) is 18.4. The molecular weight excluding hydrogens is 318 g/mol. The molecule has 1 amide bonds. The predicted molar refractivity (Wildman–Crippen MR) is 95.1 cm³/mol. The Hall–Kier alpha value is -2.41. The molecule has 3 heterocycles. The zero-order valence-electron chi connectivity index (χ0n) is 14.9. The first-order chi connectivity index (χ1) is 12.0. The number of rotatable bonds is 5. The van der Waals surface area contributed by atoms with Gasteiger partial charge in [0, 0.05) is 37.7 Å². The molecule has 3 rings (SSSR count). The summed E-state index contributed by atoms with van der Waals surface area (Å²) >= 11 is 0. The molecule has 1 fully saturated rings. The molecule has 1 N–H and O–H groups in total. The largest absolute Gasteiger partial charge is 0.376 e. The molecule has 1 saturated heterocycles. The SMILES string of the molecule is CC1CN(C(=O)Cn2cc(NC(C)c3ccncc3)cn2)CC(C)O1. The van der Waals surface area contributed by atoms with Gasteiger partial charge in [-0.2, -0.15) is 5.10 Å². The minimum atomic E-state index is 0.0684. The summed E-state index contributed by atoms with van der Waals surface area (Å²) in [6, 6.07) is 4.09. The van der Waals surface area contributed by atoms with E-state index in [1.54, 1.807) is 23.3 Å². The number of ether oxygens (including phenoxy) is 1. The summed E-state index contributed by atoms with van der Waals surface area (Å²) in [5.41, 5.74) is 2.04. The van der Waals surface area contributed by atoms with Crippen LogP contribution in [-0.4, -0.2) is 50.9 Å². The van der Waals surface area contributed by atoms with Gasteiger partial charge in [-0.05, 0) is 38.5 Å². The van der Waals surface area contributed by atoms with Crippen LogP contribution in [0.3, 0.4) is 0 Å². The van der Waals surface area contributed by atoms with Gasteiger partial charge >= 0.3 is 0 Å². The van der Waals surface area contributed by atoms with Crippen molar-refractivity contribution in [2.75, 3.05) is 18.4 Å². The van der Waals surface area contributed by atoms with Crippen molar-refractivity contribution in [3.63, 3.8) is 0 Å². The van der Waals surface area contributed by atoms with E-state index in [9.17, 15) is 4.79 Å². The number of carbonyl (C=O) groups excluding carboxylic acids is 1. The fraction of sp³-hybridized carbons (Fsp3) is 0.500. The minimum Gasteiger partial charge on any atom is -0.376 e. The van der Waals surface area contributed by atoms with E-state index >= 15 is 0 Å². The average Bonchev–Trinajstić information content (AvgIpc) is 3.01.